The van der Waals surface area contributed by atoms with Crippen LogP contribution in [0.3, 0.4) is 0 Å². The molecule has 4 rings (SSSR count). The van der Waals surface area contributed by atoms with Gasteiger partial charge in [0.05, 0.1) is 18.5 Å². The maximum Gasteiger partial charge on any atom is 0.274 e. The summed E-state index contributed by atoms with van der Waals surface area (Å²) < 4.78 is 12.3. The number of furan rings is 1. The topological polar surface area (TPSA) is 80.5 Å². The molecule has 1 atom stereocenters. The largest absolute Gasteiger partial charge is 0.467 e. The highest BCUT2D eigenvalue weighted by Gasteiger charge is 2.31. The van der Waals surface area contributed by atoms with E-state index >= 15 is 0 Å². The number of rotatable bonds is 7. The Bertz CT molecular complexity index is 946. The summed E-state index contributed by atoms with van der Waals surface area (Å²) in [6.45, 7) is 3.98. The zero-order valence-corrected chi connectivity index (χ0v) is 17.2. The average Bonchev–Trinajstić information content (AvgIpc) is 3.48. The molecule has 0 fully saturated rings. The molecule has 3 aromatic rings. The number of aromatic nitrogens is 3. The van der Waals surface area contributed by atoms with Gasteiger partial charge >= 0.3 is 0 Å². The molecular formula is C21H27N5O3. The summed E-state index contributed by atoms with van der Waals surface area (Å²) in [6, 6.07) is 5.92. The first-order valence-electron chi connectivity index (χ1n) is 10.0. The highest BCUT2D eigenvalue weighted by Crippen LogP contribution is 2.28. The summed E-state index contributed by atoms with van der Waals surface area (Å²) in [5, 5.41) is 8.69. The molecule has 154 valence electrons. The predicted molar refractivity (Wildman–Crippen MR) is 106 cm³/mol. The van der Waals surface area contributed by atoms with Gasteiger partial charge in [-0.25, -0.2) is 0 Å². The molecule has 1 aliphatic carbocycles. The highest BCUT2D eigenvalue weighted by molar-refractivity contribution is 5.94. The van der Waals surface area contributed by atoms with Gasteiger partial charge in [-0.1, -0.05) is 5.16 Å². The van der Waals surface area contributed by atoms with Gasteiger partial charge in [0.1, 0.15) is 12.0 Å². The molecular weight excluding hydrogens is 370 g/mol. The Morgan fingerprint density at radius 3 is 2.83 bits per heavy atom. The van der Waals surface area contributed by atoms with Crippen molar-refractivity contribution in [2.24, 2.45) is 0 Å². The molecule has 0 aromatic carbocycles. The number of likely N-dealkylation sites (N-methyl/N-ethyl adjacent to an activating group) is 1. The van der Waals surface area contributed by atoms with E-state index in [0.29, 0.717) is 18.3 Å². The number of carbonyl (C=O) groups excluding carboxylic acids is 1. The van der Waals surface area contributed by atoms with Crippen molar-refractivity contribution in [2.45, 2.75) is 51.9 Å². The zero-order chi connectivity index (χ0) is 20.4. The molecule has 0 radical (unpaired) electrons. The van der Waals surface area contributed by atoms with Gasteiger partial charge in [0.2, 0.25) is 0 Å². The molecule has 3 aromatic heterocycles. The minimum absolute atomic E-state index is 0.0651. The number of hydrogen-bond donors (Lipinski definition) is 0. The van der Waals surface area contributed by atoms with Crippen LogP contribution in [-0.2, 0) is 32.5 Å². The fourth-order valence-corrected chi connectivity index (χ4v) is 4.07. The molecule has 1 amide bonds. The van der Waals surface area contributed by atoms with Gasteiger partial charge in [0.15, 0.2) is 5.69 Å². The zero-order valence-electron chi connectivity index (χ0n) is 17.2. The normalized spacial score (nSPS) is 16.2. The van der Waals surface area contributed by atoms with Crippen molar-refractivity contribution in [3.8, 4) is 0 Å². The van der Waals surface area contributed by atoms with Crippen LogP contribution in [0.4, 0.5) is 0 Å². The first-order valence-corrected chi connectivity index (χ1v) is 10.0. The lowest BCUT2D eigenvalue weighted by Gasteiger charge is -2.31. The van der Waals surface area contributed by atoms with Crippen LogP contribution in [0.25, 0.3) is 0 Å². The molecule has 0 spiro atoms. The Morgan fingerprint density at radius 1 is 1.28 bits per heavy atom. The number of carbonyl (C=O) groups is 1. The maximum absolute atomic E-state index is 13.2. The first-order chi connectivity index (χ1) is 14.1. The smallest absolute Gasteiger partial charge is 0.274 e. The SMILES string of the molecule is CCn1nc(C(=O)N(C)Cc2ccco2)c2c1CC[C@@H](N(C)Cc1ccon1)C2. The summed E-state index contributed by atoms with van der Waals surface area (Å²) in [5.74, 6) is 0.694. The third-order valence-corrected chi connectivity index (χ3v) is 5.67. The van der Waals surface area contributed by atoms with E-state index in [9.17, 15) is 4.79 Å². The fraction of sp³-hybridized carbons (Fsp3) is 0.476. The van der Waals surface area contributed by atoms with Crippen LogP contribution in [0.15, 0.2) is 39.7 Å². The van der Waals surface area contributed by atoms with Crippen molar-refractivity contribution in [1.29, 1.82) is 0 Å². The number of nitrogens with zero attached hydrogens (tertiary/aromatic N) is 5. The van der Waals surface area contributed by atoms with Gasteiger partial charge in [-0.15, -0.1) is 0 Å². The van der Waals surface area contributed by atoms with Crippen LogP contribution in [-0.4, -0.2) is 50.8 Å². The van der Waals surface area contributed by atoms with E-state index in [1.165, 1.54) is 5.69 Å². The van der Waals surface area contributed by atoms with E-state index in [1.807, 2.05) is 22.9 Å². The summed E-state index contributed by atoms with van der Waals surface area (Å²) in [6.07, 6.45) is 5.97. The minimum Gasteiger partial charge on any atom is -0.467 e. The van der Waals surface area contributed by atoms with Crippen LogP contribution in [0.2, 0.25) is 0 Å². The molecule has 8 heteroatoms. The van der Waals surface area contributed by atoms with Crippen LogP contribution in [0.5, 0.6) is 0 Å². The second-order valence-corrected chi connectivity index (χ2v) is 7.63. The van der Waals surface area contributed by atoms with Crippen molar-refractivity contribution in [3.05, 3.63) is 59.1 Å². The molecule has 0 saturated heterocycles. The Hall–Kier alpha value is -2.87. The molecule has 29 heavy (non-hydrogen) atoms. The molecule has 0 saturated carbocycles. The monoisotopic (exact) mass is 397 g/mol. The summed E-state index contributed by atoms with van der Waals surface area (Å²) in [5.41, 5.74) is 3.74. The lowest BCUT2D eigenvalue weighted by molar-refractivity contribution is 0.0767. The third-order valence-electron chi connectivity index (χ3n) is 5.67. The van der Waals surface area contributed by atoms with Crippen LogP contribution in [0, 0.1) is 0 Å². The van der Waals surface area contributed by atoms with Gasteiger partial charge in [-0.3, -0.25) is 14.4 Å². The maximum atomic E-state index is 13.2. The average molecular weight is 397 g/mol. The molecule has 0 unspecified atom stereocenters. The minimum atomic E-state index is -0.0651. The quantitative estimate of drug-likeness (QED) is 0.610. The van der Waals surface area contributed by atoms with E-state index in [-0.39, 0.29) is 5.91 Å². The second-order valence-electron chi connectivity index (χ2n) is 7.63. The third kappa shape index (κ3) is 3.98. The van der Waals surface area contributed by atoms with Crippen LogP contribution < -0.4 is 0 Å². The van der Waals surface area contributed by atoms with E-state index in [4.69, 9.17) is 8.94 Å². The number of hydrogen-bond acceptors (Lipinski definition) is 6. The highest BCUT2D eigenvalue weighted by atomic mass is 16.5. The Morgan fingerprint density at radius 2 is 2.14 bits per heavy atom. The van der Waals surface area contributed by atoms with Crippen molar-refractivity contribution < 1.29 is 13.7 Å². The second kappa shape index (κ2) is 8.24. The molecule has 8 nitrogen and oxygen atoms in total. The number of amides is 1. The van der Waals surface area contributed by atoms with E-state index < -0.39 is 0 Å². The van der Waals surface area contributed by atoms with E-state index in [1.54, 1.807) is 24.5 Å². The van der Waals surface area contributed by atoms with Crippen molar-refractivity contribution in [1.82, 2.24) is 24.7 Å². The van der Waals surface area contributed by atoms with Gasteiger partial charge in [0.25, 0.3) is 5.91 Å². The summed E-state index contributed by atoms with van der Waals surface area (Å²) in [7, 11) is 3.89. The summed E-state index contributed by atoms with van der Waals surface area (Å²) >= 11 is 0. The van der Waals surface area contributed by atoms with E-state index in [0.717, 1.165) is 49.4 Å². The Kier molecular flexibility index (Phi) is 5.53. The van der Waals surface area contributed by atoms with Crippen molar-refractivity contribution in [3.63, 3.8) is 0 Å². The van der Waals surface area contributed by atoms with Crippen LogP contribution in [0.1, 0.15) is 46.5 Å². The van der Waals surface area contributed by atoms with Crippen LogP contribution >= 0.6 is 0 Å². The molecule has 0 aliphatic heterocycles. The van der Waals surface area contributed by atoms with E-state index in [2.05, 4.69) is 29.1 Å². The predicted octanol–water partition coefficient (Wildman–Crippen LogP) is 2.75. The van der Waals surface area contributed by atoms with Gasteiger partial charge in [0, 0.05) is 43.5 Å². The number of fused-ring (bicyclic) bond motifs is 1. The number of aryl methyl sites for hydroxylation is 1. The lowest BCUT2D eigenvalue weighted by atomic mass is 9.90. The Labute approximate surface area is 170 Å². The van der Waals surface area contributed by atoms with Crippen molar-refractivity contribution in [2.75, 3.05) is 14.1 Å². The molecule has 0 bridgehead atoms. The molecule has 3 heterocycles. The summed E-state index contributed by atoms with van der Waals surface area (Å²) in [4.78, 5) is 17.1. The van der Waals surface area contributed by atoms with Crippen molar-refractivity contribution >= 4 is 5.91 Å². The van der Waals surface area contributed by atoms with Gasteiger partial charge < -0.3 is 13.8 Å². The molecule has 1 aliphatic rings. The fourth-order valence-electron chi connectivity index (χ4n) is 4.07. The lowest BCUT2D eigenvalue weighted by Crippen LogP contribution is -2.37. The standard InChI is InChI=1S/C21H27N5O3/c1-4-26-19-8-7-16(24(2)13-15-9-11-29-23-15)12-18(19)20(22-26)21(27)25(3)14-17-6-5-10-28-17/h5-6,9-11,16H,4,7-8,12-14H2,1-3H3/t16-/m1/s1. The molecule has 0 N–H and O–H groups in total. The first kappa shape index (κ1) is 19.4. The van der Waals surface area contributed by atoms with Gasteiger partial charge in [-0.05, 0) is 45.4 Å². The van der Waals surface area contributed by atoms with Gasteiger partial charge in [-0.2, -0.15) is 5.10 Å². The Balaban J connectivity index is 1.54.